The normalized spacial score (nSPS) is 12.4. The minimum absolute atomic E-state index is 0.0783. The van der Waals surface area contributed by atoms with Crippen molar-refractivity contribution in [2.45, 2.75) is 38.1 Å². The van der Waals surface area contributed by atoms with Crippen molar-refractivity contribution in [2.75, 3.05) is 11.9 Å². The molecular formula is C19H24N2O4S. The van der Waals surface area contributed by atoms with E-state index < -0.39 is 22.0 Å². The highest BCUT2D eigenvalue weighted by Crippen LogP contribution is 2.18. The van der Waals surface area contributed by atoms with Crippen LogP contribution in [0.3, 0.4) is 0 Å². The Labute approximate surface area is 154 Å². The number of hydrogen-bond donors (Lipinski definition) is 2. The largest absolute Gasteiger partial charge is 0.494 e. The molecule has 2 aromatic rings. The maximum Gasteiger partial charge on any atom is 0.242 e. The fourth-order valence-electron chi connectivity index (χ4n) is 2.43. The first-order valence-corrected chi connectivity index (χ1v) is 9.99. The molecule has 0 radical (unpaired) electrons. The summed E-state index contributed by atoms with van der Waals surface area (Å²) in [5.74, 6) is 0.175. The van der Waals surface area contributed by atoms with Crippen LogP contribution in [0, 0.1) is 0 Å². The van der Waals surface area contributed by atoms with Crippen molar-refractivity contribution in [3.05, 3.63) is 54.1 Å². The molecule has 0 saturated carbocycles. The van der Waals surface area contributed by atoms with Gasteiger partial charge in [-0.3, -0.25) is 4.79 Å². The SMILES string of the molecule is CCOc1ccc(S(=O)(=O)N[C@@H](C)C(=O)Nc2ccccc2CC)cc1. The first kappa shape index (κ1) is 19.9. The lowest BCUT2D eigenvalue weighted by Crippen LogP contribution is -2.41. The number of para-hydroxylation sites is 1. The Bertz CT molecular complexity index is 848. The van der Waals surface area contributed by atoms with Crippen molar-refractivity contribution in [3.63, 3.8) is 0 Å². The molecule has 0 saturated heterocycles. The summed E-state index contributed by atoms with van der Waals surface area (Å²) in [7, 11) is -3.81. The molecule has 1 atom stereocenters. The monoisotopic (exact) mass is 376 g/mol. The molecule has 0 unspecified atom stereocenters. The average Bonchev–Trinajstić information content (AvgIpc) is 2.62. The van der Waals surface area contributed by atoms with Crippen LogP contribution in [0.2, 0.25) is 0 Å². The summed E-state index contributed by atoms with van der Waals surface area (Å²) in [6.45, 7) is 5.85. The van der Waals surface area contributed by atoms with E-state index in [1.54, 1.807) is 18.2 Å². The number of anilines is 1. The van der Waals surface area contributed by atoms with Gasteiger partial charge in [-0.05, 0) is 56.2 Å². The van der Waals surface area contributed by atoms with Gasteiger partial charge in [-0.25, -0.2) is 8.42 Å². The van der Waals surface area contributed by atoms with Crippen molar-refractivity contribution in [3.8, 4) is 5.75 Å². The number of carbonyl (C=O) groups excluding carboxylic acids is 1. The molecule has 0 heterocycles. The second-order valence-electron chi connectivity index (χ2n) is 5.75. The van der Waals surface area contributed by atoms with Crippen LogP contribution in [-0.2, 0) is 21.2 Å². The molecule has 7 heteroatoms. The van der Waals surface area contributed by atoms with Gasteiger partial charge in [-0.1, -0.05) is 25.1 Å². The highest BCUT2D eigenvalue weighted by Gasteiger charge is 2.22. The Morgan fingerprint density at radius 2 is 1.73 bits per heavy atom. The lowest BCUT2D eigenvalue weighted by molar-refractivity contribution is -0.117. The van der Waals surface area contributed by atoms with E-state index in [1.165, 1.54) is 19.1 Å². The van der Waals surface area contributed by atoms with Crippen molar-refractivity contribution < 1.29 is 17.9 Å². The predicted octanol–water partition coefficient (Wildman–Crippen LogP) is 2.95. The molecule has 140 valence electrons. The molecule has 2 rings (SSSR count). The molecule has 26 heavy (non-hydrogen) atoms. The highest BCUT2D eigenvalue weighted by atomic mass is 32.2. The molecule has 0 bridgehead atoms. The van der Waals surface area contributed by atoms with Crippen molar-refractivity contribution >= 4 is 21.6 Å². The van der Waals surface area contributed by atoms with Gasteiger partial charge < -0.3 is 10.1 Å². The molecule has 2 N–H and O–H groups in total. The van der Waals surface area contributed by atoms with E-state index in [1.807, 2.05) is 32.0 Å². The van der Waals surface area contributed by atoms with Crippen LogP contribution in [0.15, 0.2) is 53.4 Å². The molecule has 6 nitrogen and oxygen atoms in total. The number of ether oxygens (including phenoxy) is 1. The van der Waals surface area contributed by atoms with E-state index >= 15 is 0 Å². The van der Waals surface area contributed by atoms with Gasteiger partial charge in [0.1, 0.15) is 5.75 Å². The van der Waals surface area contributed by atoms with E-state index in [0.717, 1.165) is 12.0 Å². The standard InChI is InChI=1S/C19H24N2O4S/c1-4-15-8-6-7-9-18(15)20-19(22)14(3)21-26(23,24)17-12-10-16(11-13-17)25-5-2/h6-14,21H,4-5H2,1-3H3,(H,20,22)/t14-/m0/s1. The van der Waals surface area contributed by atoms with E-state index in [2.05, 4.69) is 10.0 Å². The van der Waals surface area contributed by atoms with Gasteiger partial charge in [0.15, 0.2) is 0 Å². The van der Waals surface area contributed by atoms with Gasteiger partial charge in [0, 0.05) is 5.69 Å². The van der Waals surface area contributed by atoms with Gasteiger partial charge in [-0.15, -0.1) is 0 Å². The Hall–Kier alpha value is -2.38. The van der Waals surface area contributed by atoms with Gasteiger partial charge in [0.2, 0.25) is 15.9 Å². The van der Waals surface area contributed by atoms with Crippen LogP contribution < -0.4 is 14.8 Å². The number of sulfonamides is 1. The topological polar surface area (TPSA) is 84.5 Å². The number of benzene rings is 2. The van der Waals surface area contributed by atoms with Crippen LogP contribution in [-0.4, -0.2) is 27.0 Å². The third kappa shape index (κ3) is 5.06. The third-order valence-electron chi connectivity index (χ3n) is 3.83. The Morgan fingerprint density at radius 1 is 1.08 bits per heavy atom. The molecule has 0 aliphatic heterocycles. The zero-order chi connectivity index (χ0) is 19.2. The van der Waals surface area contributed by atoms with Crippen LogP contribution in [0.25, 0.3) is 0 Å². The van der Waals surface area contributed by atoms with Gasteiger partial charge in [-0.2, -0.15) is 4.72 Å². The average molecular weight is 376 g/mol. The van der Waals surface area contributed by atoms with Crippen LogP contribution in [0.4, 0.5) is 5.69 Å². The van der Waals surface area contributed by atoms with Gasteiger partial charge >= 0.3 is 0 Å². The summed E-state index contributed by atoms with van der Waals surface area (Å²) in [6.07, 6.45) is 0.767. The number of rotatable bonds is 8. The van der Waals surface area contributed by atoms with E-state index in [9.17, 15) is 13.2 Å². The van der Waals surface area contributed by atoms with Crippen LogP contribution >= 0.6 is 0 Å². The van der Waals surface area contributed by atoms with E-state index in [-0.39, 0.29) is 4.90 Å². The Morgan fingerprint density at radius 3 is 2.35 bits per heavy atom. The minimum atomic E-state index is -3.81. The maximum atomic E-state index is 12.5. The van der Waals surface area contributed by atoms with Crippen molar-refractivity contribution in [1.29, 1.82) is 0 Å². The molecule has 0 aliphatic rings. The number of aryl methyl sites for hydroxylation is 1. The maximum absolute atomic E-state index is 12.5. The fraction of sp³-hybridized carbons (Fsp3) is 0.316. The van der Waals surface area contributed by atoms with Crippen LogP contribution in [0.5, 0.6) is 5.75 Å². The summed E-state index contributed by atoms with van der Waals surface area (Å²) in [5.41, 5.74) is 1.68. The third-order valence-corrected chi connectivity index (χ3v) is 5.38. The molecule has 1 amide bonds. The first-order chi connectivity index (χ1) is 12.4. The van der Waals surface area contributed by atoms with Gasteiger partial charge in [0.05, 0.1) is 17.5 Å². The summed E-state index contributed by atoms with van der Waals surface area (Å²) >= 11 is 0. The number of hydrogen-bond acceptors (Lipinski definition) is 4. The Balaban J connectivity index is 2.07. The minimum Gasteiger partial charge on any atom is -0.494 e. The first-order valence-electron chi connectivity index (χ1n) is 8.51. The molecule has 0 aromatic heterocycles. The van der Waals surface area contributed by atoms with Crippen molar-refractivity contribution in [1.82, 2.24) is 4.72 Å². The second kappa shape index (κ2) is 8.82. The lowest BCUT2D eigenvalue weighted by atomic mass is 10.1. The fourth-order valence-corrected chi connectivity index (χ4v) is 3.63. The number of carbonyl (C=O) groups is 1. The molecule has 0 spiro atoms. The quantitative estimate of drug-likeness (QED) is 0.742. The zero-order valence-electron chi connectivity index (χ0n) is 15.2. The summed E-state index contributed by atoms with van der Waals surface area (Å²) in [5, 5.41) is 2.78. The second-order valence-corrected chi connectivity index (χ2v) is 7.46. The van der Waals surface area contributed by atoms with E-state index in [4.69, 9.17) is 4.74 Å². The van der Waals surface area contributed by atoms with E-state index in [0.29, 0.717) is 18.0 Å². The predicted molar refractivity (Wildman–Crippen MR) is 102 cm³/mol. The number of nitrogens with one attached hydrogen (secondary N) is 2. The summed E-state index contributed by atoms with van der Waals surface area (Å²) < 4.78 is 32.6. The molecule has 2 aromatic carbocycles. The smallest absolute Gasteiger partial charge is 0.242 e. The summed E-state index contributed by atoms with van der Waals surface area (Å²) in [6, 6.07) is 12.6. The molecule has 0 fully saturated rings. The Kier molecular flexibility index (Phi) is 6.76. The summed E-state index contributed by atoms with van der Waals surface area (Å²) in [4.78, 5) is 12.4. The van der Waals surface area contributed by atoms with Gasteiger partial charge in [0.25, 0.3) is 0 Å². The van der Waals surface area contributed by atoms with Crippen LogP contribution in [0.1, 0.15) is 26.3 Å². The lowest BCUT2D eigenvalue weighted by Gasteiger charge is -2.16. The van der Waals surface area contributed by atoms with Crippen molar-refractivity contribution in [2.24, 2.45) is 0 Å². The molecule has 0 aliphatic carbocycles. The molecular weight excluding hydrogens is 352 g/mol. The zero-order valence-corrected chi connectivity index (χ0v) is 16.0. The number of amides is 1. The highest BCUT2D eigenvalue weighted by molar-refractivity contribution is 7.89.